The molecule has 2 aliphatic rings. The maximum absolute atomic E-state index is 12.9. The fraction of sp³-hybridized carbons (Fsp3) is 0.370. The Morgan fingerprint density at radius 1 is 1.03 bits per heavy atom. The van der Waals surface area contributed by atoms with Crippen LogP contribution in [-0.4, -0.2) is 61.8 Å². The van der Waals surface area contributed by atoms with Gasteiger partial charge in [0.2, 0.25) is 0 Å². The molecule has 8 nitrogen and oxygen atoms in total. The van der Waals surface area contributed by atoms with Crippen molar-refractivity contribution in [3.05, 3.63) is 70.7 Å². The Bertz CT molecular complexity index is 1270. The standard InChI is InChI=1S/C27H30N4O4/c1-18-24-22(29-30-26(32)21-9-4-7-19-6-2-3-8-20(19)21)10-5-11-23(24)35-25(18)27(33)28-12-13-31-14-16-34-17-15-31/h2-4,6-9H,5,10-17H2,1H3,(H,28,33)(H,30,32)/b29-22+. The van der Waals surface area contributed by atoms with Crippen molar-refractivity contribution in [1.82, 2.24) is 15.6 Å². The van der Waals surface area contributed by atoms with Gasteiger partial charge in [-0.05, 0) is 36.6 Å². The topological polar surface area (TPSA) is 96.2 Å². The number of amides is 2. The molecule has 2 N–H and O–H groups in total. The summed E-state index contributed by atoms with van der Waals surface area (Å²) in [6.07, 6.45) is 2.30. The van der Waals surface area contributed by atoms with E-state index in [4.69, 9.17) is 9.15 Å². The summed E-state index contributed by atoms with van der Waals surface area (Å²) in [4.78, 5) is 28.1. The van der Waals surface area contributed by atoms with Gasteiger partial charge < -0.3 is 14.5 Å². The molecule has 8 heteroatoms. The summed E-state index contributed by atoms with van der Waals surface area (Å²) in [6.45, 7) is 6.44. The number of hydrogen-bond acceptors (Lipinski definition) is 6. The van der Waals surface area contributed by atoms with Crippen molar-refractivity contribution < 1.29 is 18.7 Å². The molecule has 3 aromatic rings. The number of furan rings is 1. The van der Waals surface area contributed by atoms with Crippen molar-refractivity contribution in [3.63, 3.8) is 0 Å². The number of morpholine rings is 1. The van der Waals surface area contributed by atoms with Crippen LogP contribution in [0.2, 0.25) is 0 Å². The number of aryl methyl sites for hydroxylation is 1. The fourth-order valence-corrected chi connectivity index (χ4v) is 4.83. The Labute approximate surface area is 204 Å². The van der Waals surface area contributed by atoms with Gasteiger partial charge in [-0.2, -0.15) is 5.10 Å². The summed E-state index contributed by atoms with van der Waals surface area (Å²) in [6, 6.07) is 13.4. The van der Waals surface area contributed by atoms with Crippen LogP contribution in [-0.2, 0) is 11.2 Å². The van der Waals surface area contributed by atoms with E-state index in [-0.39, 0.29) is 11.8 Å². The average molecular weight is 475 g/mol. The van der Waals surface area contributed by atoms with E-state index in [0.717, 1.165) is 79.1 Å². The molecule has 2 heterocycles. The highest BCUT2D eigenvalue weighted by molar-refractivity contribution is 6.09. The number of hydrazone groups is 1. The zero-order valence-corrected chi connectivity index (χ0v) is 19.9. The van der Waals surface area contributed by atoms with Gasteiger partial charge in [-0.3, -0.25) is 14.5 Å². The number of hydrogen-bond donors (Lipinski definition) is 2. The summed E-state index contributed by atoms with van der Waals surface area (Å²) in [7, 11) is 0. The highest BCUT2D eigenvalue weighted by Gasteiger charge is 2.28. The lowest BCUT2D eigenvalue weighted by Gasteiger charge is -2.26. The lowest BCUT2D eigenvalue weighted by atomic mass is 9.93. The van der Waals surface area contributed by atoms with Gasteiger partial charge in [-0.25, -0.2) is 5.43 Å². The molecule has 182 valence electrons. The van der Waals surface area contributed by atoms with Gasteiger partial charge in [-0.15, -0.1) is 0 Å². The zero-order valence-electron chi connectivity index (χ0n) is 19.9. The number of nitrogens with one attached hydrogen (secondary N) is 2. The Kier molecular flexibility index (Phi) is 6.92. The largest absolute Gasteiger partial charge is 0.455 e. The zero-order chi connectivity index (χ0) is 24.2. The SMILES string of the molecule is Cc1c(C(=O)NCCN2CCOCC2)oc2c1/C(=N/NC(=O)c1cccc3ccccc13)CCC2. The van der Waals surface area contributed by atoms with E-state index in [9.17, 15) is 9.59 Å². The molecule has 0 saturated carbocycles. The summed E-state index contributed by atoms with van der Waals surface area (Å²) in [5.74, 6) is 0.602. The fourth-order valence-electron chi connectivity index (χ4n) is 4.83. The van der Waals surface area contributed by atoms with E-state index in [1.54, 1.807) is 6.07 Å². The maximum Gasteiger partial charge on any atom is 0.287 e. The van der Waals surface area contributed by atoms with Gasteiger partial charge >= 0.3 is 0 Å². The van der Waals surface area contributed by atoms with E-state index in [1.807, 2.05) is 43.3 Å². The number of carbonyl (C=O) groups is 2. The number of ether oxygens (including phenoxy) is 1. The molecule has 1 aromatic heterocycles. The first-order valence-corrected chi connectivity index (χ1v) is 12.2. The number of carbonyl (C=O) groups excluding carboxylic acids is 2. The molecule has 0 bridgehead atoms. The normalized spacial score (nSPS) is 17.3. The second kappa shape index (κ2) is 10.4. The molecule has 0 atom stereocenters. The lowest BCUT2D eigenvalue weighted by Crippen LogP contribution is -2.41. The van der Waals surface area contributed by atoms with E-state index < -0.39 is 0 Å². The van der Waals surface area contributed by atoms with E-state index in [1.165, 1.54) is 0 Å². The van der Waals surface area contributed by atoms with Crippen LogP contribution < -0.4 is 10.7 Å². The van der Waals surface area contributed by atoms with Crippen molar-refractivity contribution in [1.29, 1.82) is 0 Å². The molecule has 0 unspecified atom stereocenters. The van der Waals surface area contributed by atoms with E-state index in [2.05, 4.69) is 20.7 Å². The van der Waals surface area contributed by atoms with Crippen LogP contribution in [0.25, 0.3) is 10.8 Å². The van der Waals surface area contributed by atoms with Crippen LogP contribution in [0.4, 0.5) is 0 Å². The van der Waals surface area contributed by atoms with Crippen LogP contribution >= 0.6 is 0 Å². The van der Waals surface area contributed by atoms with Gasteiger partial charge in [0.05, 0.1) is 18.9 Å². The van der Waals surface area contributed by atoms with Gasteiger partial charge in [0, 0.05) is 49.3 Å². The minimum Gasteiger partial charge on any atom is -0.455 e. The Balaban J connectivity index is 1.29. The number of nitrogens with zero attached hydrogens (tertiary/aromatic N) is 2. The average Bonchev–Trinajstić information content (AvgIpc) is 3.24. The van der Waals surface area contributed by atoms with Gasteiger partial charge in [0.1, 0.15) is 5.76 Å². The number of benzene rings is 2. The Hall–Kier alpha value is -3.49. The first-order valence-electron chi connectivity index (χ1n) is 12.2. The van der Waals surface area contributed by atoms with Crippen LogP contribution in [0.5, 0.6) is 0 Å². The minimum absolute atomic E-state index is 0.218. The third kappa shape index (κ3) is 4.99. The molecule has 5 rings (SSSR count). The number of fused-ring (bicyclic) bond motifs is 2. The van der Waals surface area contributed by atoms with Crippen molar-refractivity contribution in [2.24, 2.45) is 5.10 Å². The highest BCUT2D eigenvalue weighted by atomic mass is 16.5. The predicted octanol–water partition coefficient (Wildman–Crippen LogP) is 3.27. The molecule has 2 aromatic carbocycles. The van der Waals surface area contributed by atoms with Crippen LogP contribution in [0.15, 0.2) is 52.0 Å². The molecule has 1 saturated heterocycles. The molecule has 0 radical (unpaired) electrons. The molecular formula is C27H30N4O4. The van der Waals surface area contributed by atoms with Crippen LogP contribution in [0.1, 0.15) is 50.6 Å². The first-order chi connectivity index (χ1) is 17.1. The lowest BCUT2D eigenvalue weighted by molar-refractivity contribution is 0.0382. The molecule has 1 aliphatic heterocycles. The van der Waals surface area contributed by atoms with Crippen LogP contribution in [0.3, 0.4) is 0 Å². The first kappa shape index (κ1) is 23.3. The monoisotopic (exact) mass is 474 g/mol. The molecule has 1 aliphatic carbocycles. The summed E-state index contributed by atoms with van der Waals surface area (Å²) >= 11 is 0. The summed E-state index contributed by atoms with van der Waals surface area (Å²) < 4.78 is 11.3. The van der Waals surface area contributed by atoms with Crippen LogP contribution in [0, 0.1) is 6.92 Å². The predicted molar refractivity (Wildman–Crippen MR) is 134 cm³/mol. The summed E-state index contributed by atoms with van der Waals surface area (Å²) in [5.41, 5.74) is 5.66. The van der Waals surface area contributed by atoms with E-state index >= 15 is 0 Å². The quantitative estimate of drug-likeness (QED) is 0.535. The molecule has 2 amide bonds. The highest BCUT2D eigenvalue weighted by Crippen LogP contribution is 2.30. The summed E-state index contributed by atoms with van der Waals surface area (Å²) in [5, 5.41) is 9.33. The Morgan fingerprint density at radius 3 is 2.69 bits per heavy atom. The molecule has 35 heavy (non-hydrogen) atoms. The molecule has 0 spiro atoms. The van der Waals surface area contributed by atoms with Gasteiger partial charge in [0.25, 0.3) is 11.8 Å². The van der Waals surface area contributed by atoms with E-state index in [0.29, 0.717) is 24.3 Å². The molecular weight excluding hydrogens is 444 g/mol. The van der Waals surface area contributed by atoms with Crippen molar-refractivity contribution in [2.75, 3.05) is 39.4 Å². The minimum atomic E-state index is -0.261. The van der Waals surface area contributed by atoms with Crippen molar-refractivity contribution in [2.45, 2.75) is 26.2 Å². The van der Waals surface area contributed by atoms with Gasteiger partial charge in [0.15, 0.2) is 5.76 Å². The second-order valence-corrected chi connectivity index (χ2v) is 8.94. The molecule has 1 fully saturated rings. The van der Waals surface area contributed by atoms with Gasteiger partial charge in [-0.1, -0.05) is 36.4 Å². The van der Waals surface area contributed by atoms with Crippen molar-refractivity contribution >= 4 is 28.3 Å². The number of rotatable bonds is 6. The maximum atomic E-state index is 12.9. The third-order valence-corrected chi connectivity index (χ3v) is 6.68. The van der Waals surface area contributed by atoms with Crippen molar-refractivity contribution in [3.8, 4) is 0 Å². The Morgan fingerprint density at radius 2 is 1.83 bits per heavy atom. The smallest absolute Gasteiger partial charge is 0.287 e. The second-order valence-electron chi connectivity index (χ2n) is 8.94. The third-order valence-electron chi connectivity index (χ3n) is 6.68.